The van der Waals surface area contributed by atoms with Crippen LogP contribution in [0.25, 0.3) is 11.0 Å². The highest BCUT2D eigenvalue weighted by molar-refractivity contribution is 6.01. The molecule has 1 aliphatic rings. The molecule has 2 amide bonds. The highest BCUT2D eigenvalue weighted by Crippen LogP contribution is 2.35. The van der Waals surface area contributed by atoms with E-state index in [-0.39, 0.29) is 5.69 Å². The molecule has 7 heteroatoms. The Balaban J connectivity index is 1.35. The van der Waals surface area contributed by atoms with Gasteiger partial charge in [0.05, 0.1) is 5.69 Å². The molecule has 0 unspecified atom stereocenters. The number of anilines is 3. The molecule has 0 bridgehead atoms. The first kappa shape index (κ1) is 18.2. The van der Waals surface area contributed by atoms with Gasteiger partial charge in [-0.1, -0.05) is 18.2 Å². The smallest absolute Gasteiger partial charge is 0.323 e. The SMILES string of the molecule is O=C(Nc1ccccc1F)Nc1cccc2c1CCN2Cc1ccnc2[nH]ccc12. The van der Waals surface area contributed by atoms with Gasteiger partial charge in [-0.2, -0.15) is 0 Å². The third-order valence-electron chi connectivity index (χ3n) is 5.41. The Hall–Kier alpha value is -3.87. The molecule has 0 atom stereocenters. The van der Waals surface area contributed by atoms with Crippen LogP contribution >= 0.6 is 0 Å². The molecular weight excluding hydrogens is 381 g/mol. The van der Waals surface area contributed by atoms with Crippen molar-refractivity contribution in [1.29, 1.82) is 0 Å². The second-order valence-corrected chi connectivity index (χ2v) is 7.24. The van der Waals surface area contributed by atoms with E-state index in [2.05, 4.69) is 31.6 Å². The average Bonchev–Trinajstić information content (AvgIpc) is 3.38. The van der Waals surface area contributed by atoms with Gasteiger partial charge in [0.15, 0.2) is 0 Å². The first-order valence-electron chi connectivity index (χ1n) is 9.79. The topological polar surface area (TPSA) is 73.1 Å². The fourth-order valence-electron chi connectivity index (χ4n) is 3.98. The second-order valence-electron chi connectivity index (χ2n) is 7.24. The van der Waals surface area contributed by atoms with Crippen LogP contribution in [0.4, 0.5) is 26.2 Å². The van der Waals surface area contributed by atoms with Crippen molar-refractivity contribution in [3.05, 3.63) is 83.9 Å². The van der Waals surface area contributed by atoms with E-state index >= 15 is 0 Å². The number of fused-ring (bicyclic) bond motifs is 2. The Labute approximate surface area is 172 Å². The van der Waals surface area contributed by atoms with Gasteiger partial charge in [-0.15, -0.1) is 0 Å². The van der Waals surface area contributed by atoms with Crippen molar-refractivity contribution in [3.8, 4) is 0 Å². The molecule has 3 heterocycles. The molecule has 5 rings (SSSR count). The van der Waals surface area contributed by atoms with Crippen LogP contribution in [0.1, 0.15) is 11.1 Å². The summed E-state index contributed by atoms with van der Waals surface area (Å²) in [6.45, 7) is 1.62. The van der Waals surface area contributed by atoms with Crippen LogP contribution in [-0.2, 0) is 13.0 Å². The number of para-hydroxylation sites is 1. The quantitative estimate of drug-likeness (QED) is 0.455. The summed E-state index contributed by atoms with van der Waals surface area (Å²) in [4.78, 5) is 22.2. The number of benzene rings is 2. The lowest BCUT2D eigenvalue weighted by molar-refractivity contribution is 0.262. The highest BCUT2D eigenvalue weighted by atomic mass is 19.1. The maximum atomic E-state index is 13.8. The average molecular weight is 401 g/mol. The first-order valence-corrected chi connectivity index (χ1v) is 9.79. The number of halogens is 1. The van der Waals surface area contributed by atoms with Gasteiger partial charge >= 0.3 is 6.03 Å². The molecule has 2 aromatic heterocycles. The minimum atomic E-state index is -0.467. The van der Waals surface area contributed by atoms with E-state index in [4.69, 9.17) is 0 Å². The van der Waals surface area contributed by atoms with Crippen LogP contribution in [0, 0.1) is 5.82 Å². The summed E-state index contributed by atoms with van der Waals surface area (Å²) < 4.78 is 13.8. The molecule has 6 nitrogen and oxygen atoms in total. The molecule has 1 aliphatic heterocycles. The molecule has 0 aliphatic carbocycles. The van der Waals surface area contributed by atoms with Gasteiger partial charge in [-0.05, 0) is 48.4 Å². The number of rotatable bonds is 4. The van der Waals surface area contributed by atoms with Crippen molar-refractivity contribution >= 4 is 34.1 Å². The molecule has 0 spiro atoms. The summed E-state index contributed by atoms with van der Waals surface area (Å²) in [5.41, 5.74) is 5.15. The molecule has 0 saturated carbocycles. The summed E-state index contributed by atoms with van der Waals surface area (Å²) in [5.74, 6) is -0.467. The van der Waals surface area contributed by atoms with Crippen molar-refractivity contribution in [1.82, 2.24) is 9.97 Å². The van der Waals surface area contributed by atoms with Gasteiger partial charge < -0.3 is 20.5 Å². The number of carbonyl (C=O) groups is 1. The summed E-state index contributed by atoms with van der Waals surface area (Å²) in [6, 6.07) is 15.6. The fourth-order valence-corrected chi connectivity index (χ4v) is 3.98. The number of urea groups is 1. The lowest BCUT2D eigenvalue weighted by Gasteiger charge is -2.20. The van der Waals surface area contributed by atoms with E-state index in [0.29, 0.717) is 0 Å². The van der Waals surface area contributed by atoms with Gasteiger partial charge in [0, 0.05) is 47.8 Å². The number of H-pyrrole nitrogens is 1. The van der Waals surface area contributed by atoms with E-state index in [9.17, 15) is 9.18 Å². The van der Waals surface area contributed by atoms with E-state index < -0.39 is 11.8 Å². The predicted molar refractivity (Wildman–Crippen MR) is 116 cm³/mol. The van der Waals surface area contributed by atoms with Crippen LogP contribution in [0.2, 0.25) is 0 Å². The van der Waals surface area contributed by atoms with Crippen molar-refractivity contribution in [2.75, 3.05) is 22.1 Å². The lowest BCUT2D eigenvalue weighted by Crippen LogP contribution is -2.21. The van der Waals surface area contributed by atoms with E-state index in [0.717, 1.165) is 47.5 Å². The lowest BCUT2D eigenvalue weighted by atomic mass is 10.1. The van der Waals surface area contributed by atoms with Crippen LogP contribution in [0.3, 0.4) is 0 Å². The van der Waals surface area contributed by atoms with Crippen LogP contribution in [0.15, 0.2) is 67.0 Å². The Morgan fingerprint density at radius 3 is 2.80 bits per heavy atom. The molecule has 0 radical (unpaired) electrons. The van der Waals surface area contributed by atoms with Gasteiger partial charge in [-0.3, -0.25) is 0 Å². The summed E-state index contributed by atoms with van der Waals surface area (Å²) in [7, 11) is 0. The standard InChI is InChI=1S/C23H20FN5O/c24-18-4-1-2-5-20(18)28-23(30)27-19-6-3-7-21-17(19)10-13-29(21)14-15-8-11-25-22-16(15)9-12-26-22/h1-9,11-12H,10,13-14H2,(H,25,26)(H2,27,28,30). The normalized spacial score (nSPS) is 12.8. The van der Waals surface area contributed by atoms with Crippen LogP contribution in [0.5, 0.6) is 0 Å². The van der Waals surface area contributed by atoms with E-state index in [1.54, 1.807) is 12.1 Å². The monoisotopic (exact) mass is 401 g/mol. The van der Waals surface area contributed by atoms with Gasteiger partial charge in [0.1, 0.15) is 11.5 Å². The molecule has 2 aromatic carbocycles. The number of nitrogens with one attached hydrogen (secondary N) is 3. The number of pyridine rings is 1. The molecule has 30 heavy (non-hydrogen) atoms. The number of aromatic amines is 1. The molecule has 0 fully saturated rings. The Morgan fingerprint density at radius 2 is 1.90 bits per heavy atom. The Kier molecular flexibility index (Phi) is 4.55. The van der Waals surface area contributed by atoms with Crippen LogP contribution in [-0.4, -0.2) is 22.5 Å². The summed E-state index contributed by atoms with van der Waals surface area (Å²) in [5, 5.41) is 6.55. The number of nitrogens with zero attached hydrogens (tertiary/aromatic N) is 2. The zero-order chi connectivity index (χ0) is 20.5. The zero-order valence-corrected chi connectivity index (χ0v) is 16.2. The Morgan fingerprint density at radius 1 is 1.07 bits per heavy atom. The van der Waals surface area contributed by atoms with Gasteiger partial charge in [0.25, 0.3) is 0 Å². The van der Waals surface area contributed by atoms with Crippen molar-refractivity contribution < 1.29 is 9.18 Å². The van der Waals surface area contributed by atoms with Crippen LogP contribution < -0.4 is 15.5 Å². The number of carbonyl (C=O) groups excluding carboxylic acids is 1. The molecule has 4 aromatic rings. The first-order chi connectivity index (χ1) is 14.7. The number of amides is 2. The third kappa shape index (κ3) is 3.34. The predicted octanol–water partition coefficient (Wildman–Crippen LogP) is 4.91. The number of hydrogen-bond donors (Lipinski definition) is 3. The number of aromatic nitrogens is 2. The largest absolute Gasteiger partial charge is 0.367 e. The minimum absolute atomic E-state index is 0.150. The maximum absolute atomic E-state index is 13.8. The second kappa shape index (κ2) is 7.51. The van der Waals surface area contributed by atoms with E-state index in [1.165, 1.54) is 17.7 Å². The zero-order valence-electron chi connectivity index (χ0n) is 16.2. The molecule has 150 valence electrons. The Bertz CT molecular complexity index is 1240. The van der Waals surface area contributed by atoms with Crippen molar-refractivity contribution in [2.24, 2.45) is 0 Å². The fraction of sp³-hybridized carbons (Fsp3) is 0.130. The van der Waals surface area contributed by atoms with Gasteiger partial charge in [0.2, 0.25) is 0 Å². The molecule has 0 saturated heterocycles. The number of hydrogen-bond acceptors (Lipinski definition) is 3. The van der Waals surface area contributed by atoms with Gasteiger partial charge in [-0.25, -0.2) is 14.2 Å². The summed E-state index contributed by atoms with van der Waals surface area (Å²) >= 11 is 0. The summed E-state index contributed by atoms with van der Waals surface area (Å²) in [6.07, 6.45) is 4.54. The van der Waals surface area contributed by atoms with Crippen molar-refractivity contribution in [3.63, 3.8) is 0 Å². The highest BCUT2D eigenvalue weighted by Gasteiger charge is 2.23. The third-order valence-corrected chi connectivity index (χ3v) is 5.41. The minimum Gasteiger partial charge on any atom is -0.367 e. The molecule has 3 N–H and O–H groups in total. The maximum Gasteiger partial charge on any atom is 0.323 e. The van der Waals surface area contributed by atoms with Crippen molar-refractivity contribution in [2.45, 2.75) is 13.0 Å². The van der Waals surface area contributed by atoms with E-state index in [1.807, 2.05) is 36.7 Å². The molecular formula is C23H20FN5O.